The molecule has 9 atom stereocenters. The lowest BCUT2D eigenvalue weighted by Gasteiger charge is -2.21. The molecule has 0 aromatic carbocycles. The van der Waals surface area contributed by atoms with Crippen molar-refractivity contribution in [2.75, 3.05) is 39.6 Å². The van der Waals surface area contributed by atoms with Crippen LogP contribution in [0.25, 0.3) is 0 Å². The van der Waals surface area contributed by atoms with E-state index in [0.29, 0.717) is 25.7 Å². The molecule has 0 aliphatic carbocycles. The maximum atomic E-state index is 13.1. The fraction of sp³-hybridized carbons (Fsp3) is 0.947. The molecule has 0 radical (unpaired) electrons. The van der Waals surface area contributed by atoms with Gasteiger partial charge in [-0.1, -0.05) is 325 Å². The summed E-state index contributed by atoms with van der Waals surface area (Å²) < 4.78 is 68.5. The van der Waals surface area contributed by atoms with Crippen molar-refractivity contribution in [3.8, 4) is 0 Å². The maximum Gasteiger partial charge on any atom is 0.472 e. The number of phosphoric acid groups is 2. The molecule has 17 nitrogen and oxygen atoms in total. The quantitative estimate of drug-likeness (QED) is 0.0222. The van der Waals surface area contributed by atoms with Crippen LogP contribution in [0.15, 0.2) is 0 Å². The predicted molar refractivity (Wildman–Crippen MR) is 381 cm³/mol. The van der Waals surface area contributed by atoms with E-state index in [1.807, 2.05) is 0 Å². The molecule has 6 unspecified atom stereocenters. The summed E-state index contributed by atoms with van der Waals surface area (Å²) in [5, 5.41) is 10.6. The van der Waals surface area contributed by atoms with Gasteiger partial charge in [-0.3, -0.25) is 37.3 Å². The Bertz CT molecular complexity index is 1860. The standard InChI is InChI=1S/C75H146O17P2/c1-9-65(5)51-43-35-27-21-17-15-13-14-16-18-23-30-39-47-55-72(77)85-61-70(91-74(79)57-49-41-31-24-20-19-22-28-36-44-52-66(6)10-2)63-89-93(81,82)87-59-69(76)60-88-94(83,84)90-64-71(62-86-73(78)56-48-40-34-33-38-46-54-68(8)12-4)92-75(80)58-50-42-32-26-25-29-37-45-53-67(7)11-3/h65-71,76H,9-64H2,1-8H3,(H,81,82)(H,83,84)/t65?,66?,67?,68?,69-,70-,71-/m1/s1. The highest BCUT2D eigenvalue weighted by Gasteiger charge is 2.30. The first-order valence-corrected chi connectivity index (χ1v) is 41.8. The van der Waals surface area contributed by atoms with Crippen molar-refractivity contribution < 1.29 is 80.2 Å². The highest BCUT2D eigenvalue weighted by Crippen LogP contribution is 2.45. The van der Waals surface area contributed by atoms with Crippen LogP contribution in [0, 0.1) is 23.7 Å². The van der Waals surface area contributed by atoms with E-state index in [2.05, 4.69) is 55.4 Å². The van der Waals surface area contributed by atoms with Crippen LogP contribution in [0.3, 0.4) is 0 Å². The lowest BCUT2D eigenvalue weighted by Crippen LogP contribution is -2.30. The van der Waals surface area contributed by atoms with Crippen LogP contribution in [0.5, 0.6) is 0 Å². The first-order valence-electron chi connectivity index (χ1n) is 38.9. The fourth-order valence-electron chi connectivity index (χ4n) is 11.2. The van der Waals surface area contributed by atoms with Gasteiger partial charge in [-0.25, -0.2) is 9.13 Å². The Morgan fingerprint density at radius 1 is 0.287 bits per heavy atom. The van der Waals surface area contributed by atoms with Crippen molar-refractivity contribution >= 4 is 39.5 Å². The number of carbonyl (C=O) groups is 4. The average Bonchev–Trinajstić information content (AvgIpc) is 1.49. The third-order valence-corrected chi connectivity index (χ3v) is 20.7. The molecule has 0 fully saturated rings. The van der Waals surface area contributed by atoms with Crippen molar-refractivity contribution in [3.05, 3.63) is 0 Å². The Hall–Kier alpha value is -1.94. The summed E-state index contributed by atoms with van der Waals surface area (Å²) >= 11 is 0. The summed E-state index contributed by atoms with van der Waals surface area (Å²) in [5.41, 5.74) is 0. The average molecular weight is 1380 g/mol. The number of aliphatic hydroxyl groups excluding tert-OH is 1. The number of hydrogen-bond acceptors (Lipinski definition) is 15. The second kappa shape index (κ2) is 64.4. The maximum absolute atomic E-state index is 13.1. The number of carbonyl (C=O) groups excluding carboxylic acids is 4. The molecule has 0 aliphatic rings. The molecule has 558 valence electrons. The zero-order chi connectivity index (χ0) is 69.6. The van der Waals surface area contributed by atoms with Crippen LogP contribution in [0.2, 0.25) is 0 Å². The molecular formula is C75H146O17P2. The molecule has 19 heteroatoms. The lowest BCUT2D eigenvalue weighted by atomic mass is 9.99. The Labute approximate surface area is 575 Å². The van der Waals surface area contributed by atoms with Gasteiger partial charge in [-0.05, 0) is 49.4 Å². The van der Waals surface area contributed by atoms with Crippen molar-refractivity contribution in [1.82, 2.24) is 0 Å². The molecular weight excluding hydrogens is 1230 g/mol. The first-order chi connectivity index (χ1) is 45.2. The molecule has 3 N–H and O–H groups in total. The molecule has 0 bridgehead atoms. The second-order valence-corrected chi connectivity index (χ2v) is 30.9. The smallest absolute Gasteiger partial charge is 0.462 e. The number of esters is 4. The van der Waals surface area contributed by atoms with Crippen LogP contribution in [0.1, 0.15) is 376 Å². The second-order valence-electron chi connectivity index (χ2n) is 28.0. The van der Waals surface area contributed by atoms with Gasteiger partial charge < -0.3 is 33.8 Å². The Morgan fingerprint density at radius 3 is 0.702 bits per heavy atom. The van der Waals surface area contributed by atoms with E-state index in [-0.39, 0.29) is 25.7 Å². The number of hydrogen-bond donors (Lipinski definition) is 3. The summed E-state index contributed by atoms with van der Waals surface area (Å²) in [6.45, 7) is 14.2. The van der Waals surface area contributed by atoms with Gasteiger partial charge in [0.1, 0.15) is 19.3 Å². The largest absolute Gasteiger partial charge is 0.472 e. The monoisotopic (exact) mass is 1380 g/mol. The molecule has 0 aliphatic heterocycles. The number of phosphoric ester groups is 2. The molecule has 0 saturated carbocycles. The van der Waals surface area contributed by atoms with E-state index in [1.54, 1.807) is 0 Å². The van der Waals surface area contributed by atoms with Crippen molar-refractivity contribution in [2.24, 2.45) is 23.7 Å². The van der Waals surface area contributed by atoms with Gasteiger partial charge in [0.2, 0.25) is 0 Å². The molecule has 0 rings (SSSR count). The minimum absolute atomic E-state index is 0.104. The number of aliphatic hydroxyl groups is 1. The van der Waals surface area contributed by atoms with Gasteiger partial charge >= 0.3 is 39.5 Å². The molecule has 0 heterocycles. The van der Waals surface area contributed by atoms with E-state index in [0.717, 1.165) is 120 Å². The minimum atomic E-state index is -4.96. The molecule has 0 amide bonds. The van der Waals surface area contributed by atoms with Crippen molar-refractivity contribution in [2.45, 2.75) is 395 Å². The van der Waals surface area contributed by atoms with E-state index in [4.69, 9.17) is 37.0 Å². The number of rotatable bonds is 72. The summed E-state index contributed by atoms with van der Waals surface area (Å²) in [6.07, 6.45) is 48.4. The van der Waals surface area contributed by atoms with Gasteiger partial charge in [0.25, 0.3) is 0 Å². The van der Waals surface area contributed by atoms with Crippen molar-refractivity contribution in [1.29, 1.82) is 0 Å². The predicted octanol–water partition coefficient (Wildman–Crippen LogP) is 21.7. The number of ether oxygens (including phenoxy) is 4. The third-order valence-electron chi connectivity index (χ3n) is 18.8. The minimum Gasteiger partial charge on any atom is -0.462 e. The van der Waals surface area contributed by atoms with Gasteiger partial charge in [-0.15, -0.1) is 0 Å². The molecule has 0 saturated heterocycles. The SMILES string of the molecule is CCC(C)CCCCCCCCCCCCCCCCC(=O)OC[C@H](COP(=O)(O)OC[C@@H](O)COP(=O)(O)OC[C@@H](COC(=O)CCCCCCCCC(C)CC)OC(=O)CCCCCCCCCCC(C)CC)OC(=O)CCCCCCCCCCCCC(C)CC. The Kier molecular flexibility index (Phi) is 63.1. The van der Waals surface area contributed by atoms with Crippen LogP contribution in [0.4, 0.5) is 0 Å². The Balaban J connectivity index is 5.25. The summed E-state index contributed by atoms with van der Waals surface area (Å²) in [6, 6.07) is 0. The topological polar surface area (TPSA) is 237 Å². The molecule has 0 aromatic heterocycles. The third kappa shape index (κ3) is 63.5. The van der Waals surface area contributed by atoms with E-state index in [1.165, 1.54) is 173 Å². The summed E-state index contributed by atoms with van der Waals surface area (Å²) in [4.78, 5) is 72.8. The first kappa shape index (κ1) is 92.1. The van der Waals surface area contributed by atoms with Gasteiger partial charge in [-0.2, -0.15) is 0 Å². The highest BCUT2D eigenvalue weighted by atomic mass is 31.2. The van der Waals surface area contributed by atoms with Crippen LogP contribution >= 0.6 is 15.6 Å². The van der Waals surface area contributed by atoms with Gasteiger partial charge in [0.05, 0.1) is 26.4 Å². The fourth-order valence-corrected chi connectivity index (χ4v) is 12.8. The van der Waals surface area contributed by atoms with E-state index < -0.39 is 97.5 Å². The van der Waals surface area contributed by atoms with E-state index >= 15 is 0 Å². The lowest BCUT2D eigenvalue weighted by molar-refractivity contribution is -0.161. The van der Waals surface area contributed by atoms with E-state index in [9.17, 15) is 43.2 Å². The summed E-state index contributed by atoms with van der Waals surface area (Å²) in [7, 11) is -9.91. The zero-order valence-electron chi connectivity index (χ0n) is 61.6. The Morgan fingerprint density at radius 2 is 0.479 bits per heavy atom. The van der Waals surface area contributed by atoms with Crippen LogP contribution in [-0.4, -0.2) is 96.7 Å². The number of unbranched alkanes of at least 4 members (excludes halogenated alkanes) is 34. The van der Waals surface area contributed by atoms with Gasteiger partial charge in [0.15, 0.2) is 12.2 Å². The normalized spacial score (nSPS) is 15.3. The molecule has 0 aromatic rings. The zero-order valence-corrected chi connectivity index (χ0v) is 63.4. The van der Waals surface area contributed by atoms with Gasteiger partial charge in [0, 0.05) is 25.7 Å². The highest BCUT2D eigenvalue weighted by molar-refractivity contribution is 7.47. The van der Waals surface area contributed by atoms with Crippen LogP contribution in [-0.2, 0) is 65.4 Å². The van der Waals surface area contributed by atoms with Crippen molar-refractivity contribution in [3.63, 3.8) is 0 Å². The molecule has 94 heavy (non-hydrogen) atoms. The van der Waals surface area contributed by atoms with Crippen LogP contribution < -0.4 is 0 Å². The summed E-state index contributed by atoms with van der Waals surface area (Å²) in [5.74, 6) is 1.03. The molecule has 0 spiro atoms.